The molecule has 5 nitrogen and oxygen atoms in total. The summed E-state index contributed by atoms with van der Waals surface area (Å²) in [5, 5.41) is 7.78. The van der Waals surface area contributed by atoms with Gasteiger partial charge in [-0.15, -0.1) is 11.3 Å². The minimum Gasteiger partial charge on any atom is -0.497 e. The largest absolute Gasteiger partial charge is 0.497 e. The molecule has 6 heteroatoms. The number of methoxy groups -OCH3 is 1. The number of ether oxygens (including phenoxy) is 1. The standard InChI is InChI=1S/C25H26N2O3S/c1-4-22(21-10-6-5-8-17(21)2)26-25(29)23(16-20-9-7-15-31-20)27-24(28)18-11-13-19(30-3)14-12-18/h5-16,22H,4H2,1-3H3,(H,26,29)(H,27,28)/b23-16-. The quantitative estimate of drug-likeness (QED) is 0.485. The van der Waals surface area contributed by atoms with Crippen LogP contribution in [0.25, 0.3) is 6.08 Å². The highest BCUT2D eigenvalue weighted by Gasteiger charge is 2.20. The molecular formula is C25H26N2O3S. The Bertz CT molecular complexity index is 1060. The topological polar surface area (TPSA) is 67.4 Å². The molecule has 2 N–H and O–H groups in total. The molecule has 2 amide bonds. The van der Waals surface area contributed by atoms with Crippen molar-refractivity contribution in [1.29, 1.82) is 0 Å². The molecule has 1 heterocycles. The smallest absolute Gasteiger partial charge is 0.268 e. The first-order valence-electron chi connectivity index (χ1n) is 10.1. The molecule has 0 saturated heterocycles. The predicted octanol–water partition coefficient (Wildman–Crippen LogP) is 5.10. The third kappa shape index (κ3) is 5.83. The summed E-state index contributed by atoms with van der Waals surface area (Å²) in [4.78, 5) is 26.9. The molecule has 1 unspecified atom stereocenters. The molecule has 3 aromatic rings. The number of nitrogens with one attached hydrogen (secondary N) is 2. The second-order valence-electron chi connectivity index (χ2n) is 7.05. The van der Waals surface area contributed by atoms with Gasteiger partial charge in [-0.2, -0.15) is 0 Å². The van der Waals surface area contributed by atoms with Crippen LogP contribution in [0.3, 0.4) is 0 Å². The molecule has 0 spiro atoms. The normalized spacial score (nSPS) is 12.2. The number of benzene rings is 2. The van der Waals surface area contributed by atoms with E-state index in [0.29, 0.717) is 11.3 Å². The number of carbonyl (C=O) groups excluding carboxylic acids is 2. The lowest BCUT2D eigenvalue weighted by Gasteiger charge is -2.20. The van der Waals surface area contributed by atoms with Crippen molar-refractivity contribution in [2.75, 3.05) is 7.11 Å². The van der Waals surface area contributed by atoms with E-state index in [1.54, 1.807) is 37.5 Å². The maximum atomic E-state index is 13.2. The molecule has 160 valence electrons. The molecule has 0 radical (unpaired) electrons. The summed E-state index contributed by atoms with van der Waals surface area (Å²) in [6.45, 7) is 4.05. The van der Waals surface area contributed by atoms with E-state index in [1.165, 1.54) is 11.3 Å². The highest BCUT2D eigenvalue weighted by Crippen LogP contribution is 2.21. The van der Waals surface area contributed by atoms with E-state index >= 15 is 0 Å². The summed E-state index contributed by atoms with van der Waals surface area (Å²) in [6.07, 6.45) is 2.43. The van der Waals surface area contributed by atoms with Crippen molar-refractivity contribution in [2.24, 2.45) is 0 Å². The Morgan fingerprint density at radius 2 is 1.81 bits per heavy atom. The van der Waals surface area contributed by atoms with Gasteiger partial charge in [-0.3, -0.25) is 9.59 Å². The minimum atomic E-state index is -0.357. The van der Waals surface area contributed by atoms with Crippen LogP contribution in [0, 0.1) is 6.92 Å². The lowest BCUT2D eigenvalue weighted by molar-refractivity contribution is -0.118. The monoisotopic (exact) mass is 434 g/mol. The molecule has 0 fully saturated rings. The van der Waals surface area contributed by atoms with Crippen LogP contribution in [-0.2, 0) is 4.79 Å². The molecule has 0 aliphatic rings. The SMILES string of the molecule is CCC(NC(=O)/C(=C/c1cccs1)NC(=O)c1ccc(OC)cc1)c1ccccc1C. The van der Waals surface area contributed by atoms with Crippen molar-refractivity contribution in [3.8, 4) is 5.75 Å². The number of amides is 2. The summed E-state index contributed by atoms with van der Waals surface area (Å²) in [7, 11) is 1.57. The van der Waals surface area contributed by atoms with Crippen LogP contribution in [0.1, 0.15) is 45.7 Å². The van der Waals surface area contributed by atoms with Crippen molar-refractivity contribution < 1.29 is 14.3 Å². The first-order chi connectivity index (χ1) is 15.0. The van der Waals surface area contributed by atoms with Gasteiger partial charge in [0.25, 0.3) is 11.8 Å². The van der Waals surface area contributed by atoms with E-state index in [9.17, 15) is 9.59 Å². The average Bonchev–Trinajstić information content (AvgIpc) is 3.30. The molecule has 31 heavy (non-hydrogen) atoms. The van der Waals surface area contributed by atoms with Crippen LogP contribution < -0.4 is 15.4 Å². The molecule has 2 aromatic carbocycles. The second kappa shape index (κ2) is 10.6. The van der Waals surface area contributed by atoms with Crippen LogP contribution in [0.2, 0.25) is 0 Å². The maximum absolute atomic E-state index is 13.2. The zero-order chi connectivity index (χ0) is 22.2. The number of rotatable bonds is 8. The number of hydrogen-bond donors (Lipinski definition) is 2. The van der Waals surface area contributed by atoms with E-state index in [1.807, 2.05) is 55.6 Å². The van der Waals surface area contributed by atoms with Crippen molar-refractivity contribution in [3.05, 3.63) is 93.3 Å². The summed E-state index contributed by atoms with van der Waals surface area (Å²) in [5.41, 5.74) is 2.82. The van der Waals surface area contributed by atoms with E-state index in [4.69, 9.17) is 4.74 Å². The summed E-state index contributed by atoms with van der Waals surface area (Å²) in [5.74, 6) is -0.0254. The Balaban J connectivity index is 1.83. The second-order valence-corrected chi connectivity index (χ2v) is 8.03. The van der Waals surface area contributed by atoms with Gasteiger partial charge in [0.05, 0.1) is 13.2 Å². The Labute approximate surface area is 186 Å². The van der Waals surface area contributed by atoms with E-state index < -0.39 is 0 Å². The lowest BCUT2D eigenvalue weighted by Crippen LogP contribution is -2.37. The fraction of sp³-hybridized carbons (Fsp3) is 0.200. The van der Waals surface area contributed by atoms with E-state index in [0.717, 1.165) is 22.4 Å². The molecule has 3 rings (SSSR count). The Kier molecular flexibility index (Phi) is 7.62. The zero-order valence-corrected chi connectivity index (χ0v) is 18.7. The summed E-state index contributed by atoms with van der Waals surface area (Å²) >= 11 is 1.50. The van der Waals surface area contributed by atoms with Gasteiger partial charge in [0.2, 0.25) is 0 Å². The molecule has 0 aliphatic carbocycles. The Morgan fingerprint density at radius 3 is 2.42 bits per heavy atom. The molecule has 0 aliphatic heterocycles. The van der Waals surface area contributed by atoms with Gasteiger partial charge in [0.1, 0.15) is 11.4 Å². The first-order valence-corrected chi connectivity index (χ1v) is 11.0. The molecule has 0 bridgehead atoms. The van der Waals surface area contributed by atoms with Gasteiger partial charge in [-0.25, -0.2) is 0 Å². The van der Waals surface area contributed by atoms with Gasteiger partial charge >= 0.3 is 0 Å². The van der Waals surface area contributed by atoms with Crippen molar-refractivity contribution in [2.45, 2.75) is 26.3 Å². The van der Waals surface area contributed by atoms with Crippen LogP contribution in [0.5, 0.6) is 5.75 Å². The van der Waals surface area contributed by atoms with Gasteiger partial charge < -0.3 is 15.4 Å². The molecule has 1 atom stereocenters. The third-order valence-corrected chi connectivity index (χ3v) is 5.77. The average molecular weight is 435 g/mol. The Hall–Kier alpha value is -3.38. The van der Waals surface area contributed by atoms with Gasteiger partial charge in [0.15, 0.2) is 0 Å². The Morgan fingerprint density at radius 1 is 1.06 bits per heavy atom. The van der Waals surface area contributed by atoms with E-state index in [-0.39, 0.29) is 23.6 Å². The van der Waals surface area contributed by atoms with Crippen LogP contribution in [0.4, 0.5) is 0 Å². The highest BCUT2D eigenvalue weighted by atomic mass is 32.1. The van der Waals surface area contributed by atoms with Crippen LogP contribution >= 0.6 is 11.3 Å². The van der Waals surface area contributed by atoms with Gasteiger partial charge in [0, 0.05) is 10.4 Å². The maximum Gasteiger partial charge on any atom is 0.268 e. The zero-order valence-electron chi connectivity index (χ0n) is 17.8. The van der Waals surface area contributed by atoms with Crippen LogP contribution in [-0.4, -0.2) is 18.9 Å². The van der Waals surface area contributed by atoms with E-state index in [2.05, 4.69) is 10.6 Å². The van der Waals surface area contributed by atoms with Crippen LogP contribution in [0.15, 0.2) is 71.7 Å². The third-order valence-electron chi connectivity index (χ3n) is 4.95. The molecule has 0 saturated carbocycles. The highest BCUT2D eigenvalue weighted by molar-refractivity contribution is 7.10. The number of carbonyl (C=O) groups is 2. The predicted molar refractivity (Wildman–Crippen MR) is 125 cm³/mol. The fourth-order valence-electron chi connectivity index (χ4n) is 3.22. The number of thiophene rings is 1. The number of hydrogen-bond acceptors (Lipinski definition) is 4. The molecule has 1 aromatic heterocycles. The number of aryl methyl sites for hydroxylation is 1. The van der Waals surface area contributed by atoms with Crippen molar-refractivity contribution in [3.63, 3.8) is 0 Å². The minimum absolute atomic E-state index is 0.154. The fourth-order valence-corrected chi connectivity index (χ4v) is 3.88. The van der Waals surface area contributed by atoms with Crippen molar-refractivity contribution in [1.82, 2.24) is 10.6 Å². The summed E-state index contributed by atoms with van der Waals surface area (Å²) < 4.78 is 5.14. The van der Waals surface area contributed by atoms with Gasteiger partial charge in [-0.1, -0.05) is 37.3 Å². The first kappa shape index (κ1) is 22.3. The molecular weight excluding hydrogens is 408 g/mol. The summed E-state index contributed by atoms with van der Waals surface area (Å²) in [6, 6.07) is 18.4. The lowest BCUT2D eigenvalue weighted by atomic mass is 9.99. The van der Waals surface area contributed by atoms with Gasteiger partial charge in [-0.05, 0) is 66.3 Å². The van der Waals surface area contributed by atoms with Crippen molar-refractivity contribution >= 4 is 29.2 Å².